The van der Waals surface area contributed by atoms with Gasteiger partial charge in [-0.1, -0.05) is 59.8 Å². The Kier molecular flexibility index (Phi) is 8.27. The molecule has 8 nitrogen and oxygen atoms in total. The van der Waals surface area contributed by atoms with Crippen LogP contribution in [0.5, 0.6) is 11.5 Å². The average molecular weight is 569 g/mol. The summed E-state index contributed by atoms with van der Waals surface area (Å²) in [6, 6.07) is 21.4. The second-order valence-electron chi connectivity index (χ2n) is 8.13. The lowest BCUT2D eigenvalue weighted by Gasteiger charge is -2.18. The molecule has 0 amide bonds. The lowest BCUT2D eigenvalue weighted by Crippen LogP contribution is -2.12. The number of thioether (sulfide) groups is 1. The Balaban J connectivity index is 1.64. The van der Waals surface area contributed by atoms with E-state index in [0.717, 1.165) is 11.3 Å². The first-order valence-electron chi connectivity index (χ1n) is 11.2. The largest absolute Gasteiger partial charge is 0.493 e. The molecule has 0 radical (unpaired) electrons. The highest BCUT2D eigenvalue weighted by atomic mass is 79.9. The van der Waals surface area contributed by atoms with E-state index >= 15 is 0 Å². The number of para-hydroxylation sites is 1. The van der Waals surface area contributed by atoms with Crippen molar-refractivity contribution >= 4 is 27.7 Å². The van der Waals surface area contributed by atoms with Crippen LogP contribution in [-0.2, 0) is 6.61 Å². The van der Waals surface area contributed by atoms with Crippen molar-refractivity contribution in [2.24, 2.45) is 0 Å². The molecule has 1 heterocycles. The molecule has 4 rings (SSSR count). The molecule has 0 aliphatic heterocycles. The highest BCUT2D eigenvalue weighted by molar-refractivity contribution is 9.10. The molecule has 3 aromatic carbocycles. The molecule has 36 heavy (non-hydrogen) atoms. The van der Waals surface area contributed by atoms with Crippen molar-refractivity contribution in [1.82, 2.24) is 14.8 Å². The van der Waals surface area contributed by atoms with Gasteiger partial charge in [0, 0.05) is 10.6 Å². The zero-order valence-electron chi connectivity index (χ0n) is 20.1. The predicted octanol–water partition coefficient (Wildman–Crippen LogP) is 6.34. The summed E-state index contributed by atoms with van der Waals surface area (Å²) < 4.78 is 14.2. The number of methoxy groups -OCH3 is 1. The lowest BCUT2D eigenvalue weighted by atomic mass is 10.1. The van der Waals surface area contributed by atoms with Crippen molar-refractivity contribution in [3.8, 4) is 17.2 Å². The Hall–Kier alpha value is -3.37. The molecule has 0 saturated carbocycles. The van der Waals surface area contributed by atoms with Crippen LogP contribution in [0.1, 0.15) is 27.8 Å². The van der Waals surface area contributed by atoms with Gasteiger partial charge in [0.25, 0.3) is 0 Å². The van der Waals surface area contributed by atoms with E-state index in [9.17, 15) is 10.1 Å². The maximum Gasteiger partial charge on any atom is 0.220 e. The van der Waals surface area contributed by atoms with Crippen LogP contribution in [0.25, 0.3) is 5.69 Å². The Morgan fingerprint density at radius 1 is 1.08 bits per heavy atom. The number of halogens is 1. The van der Waals surface area contributed by atoms with Crippen LogP contribution in [0.2, 0.25) is 0 Å². The van der Waals surface area contributed by atoms with Gasteiger partial charge in [-0.2, -0.15) is 0 Å². The van der Waals surface area contributed by atoms with Crippen LogP contribution in [0.3, 0.4) is 0 Å². The molecule has 10 heteroatoms. The predicted molar refractivity (Wildman–Crippen MR) is 143 cm³/mol. The molecule has 0 fully saturated rings. The number of rotatable bonds is 10. The number of hydrogen-bond donors (Lipinski definition) is 0. The SMILES string of the molecule is COc1cc([C@@H](C[N+](=O)[O-])Sc2nnc(C)n2-c2ccccc2)cc(Br)c1OCc1ccc(C)cc1. The van der Waals surface area contributed by atoms with E-state index in [0.29, 0.717) is 39.1 Å². The summed E-state index contributed by atoms with van der Waals surface area (Å²) in [4.78, 5) is 11.3. The fourth-order valence-electron chi connectivity index (χ4n) is 3.67. The van der Waals surface area contributed by atoms with E-state index < -0.39 is 5.25 Å². The van der Waals surface area contributed by atoms with Crippen LogP contribution < -0.4 is 9.47 Å². The van der Waals surface area contributed by atoms with E-state index in [4.69, 9.17) is 9.47 Å². The van der Waals surface area contributed by atoms with Crippen molar-refractivity contribution in [3.05, 3.63) is 104 Å². The molecule has 0 unspecified atom stereocenters. The number of ether oxygens (including phenoxy) is 2. The standard InChI is InChI=1S/C26H25BrN4O4S/c1-17-9-11-19(12-10-17)16-35-25-22(27)13-20(14-23(25)34-3)24(15-30(32)33)36-26-29-28-18(2)31(26)21-7-5-4-6-8-21/h4-14,24H,15-16H2,1-3H3/t24-/m1/s1. The molecule has 0 N–H and O–H groups in total. The number of benzene rings is 3. The van der Waals surface area contributed by atoms with Gasteiger partial charge in [-0.15, -0.1) is 10.2 Å². The van der Waals surface area contributed by atoms with Crippen LogP contribution in [0, 0.1) is 24.0 Å². The minimum Gasteiger partial charge on any atom is -0.493 e. The molecule has 0 bridgehead atoms. The van der Waals surface area contributed by atoms with Gasteiger partial charge in [0.15, 0.2) is 16.7 Å². The second-order valence-corrected chi connectivity index (χ2v) is 10.2. The first kappa shape index (κ1) is 25.7. The smallest absolute Gasteiger partial charge is 0.220 e. The monoisotopic (exact) mass is 568 g/mol. The van der Waals surface area contributed by atoms with Gasteiger partial charge >= 0.3 is 0 Å². The van der Waals surface area contributed by atoms with Gasteiger partial charge < -0.3 is 9.47 Å². The van der Waals surface area contributed by atoms with Crippen LogP contribution in [0.15, 0.2) is 76.4 Å². The van der Waals surface area contributed by atoms with E-state index in [1.165, 1.54) is 17.3 Å². The van der Waals surface area contributed by atoms with E-state index in [-0.39, 0.29) is 11.5 Å². The number of aryl methyl sites for hydroxylation is 2. The molecule has 0 spiro atoms. The zero-order chi connectivity index (χ0) is 25.7. The summed E-state index contributed by atoms with van der Waals surface area (Å²) in [6.45, 7) is 3.95. The third kappa shape index (κ3) is 6.06. The summed E-state index contributed by atoms with van der Waals surface area (Å²) >= 11 is 4.87. The molecule has 1 atom stereocenters. The van der Waals surface area contributed by atoms with Crippen molar-refractivity contribution in [1.29, 1.82) is 0 Å². The maximum absolute atomic E-state index is 11.6. The molecular weight excluding hydrogens is 544 g/mol. The molecule has 1 aromatic heterocycles. The second kappa shape index (κ2) is 11.6. The minimum absolute atomic E-state index is 0.301. The molecule has 186 valence electrons. The van der Waals surface area contributed by atoms with Gasteiger partial charge in [0.05, 0.1) is 11.6 Å². The fourth-order valence-corrected chi connectivity index (χ4v) is 5.40. The Morgan fingerprint density at radius 3 is 2.47 bits per heavy atom. The van der Waals surface area contributed by atoms with Crippen LogP contribution in [0.4, 0.5) is 0 Å². The molecule has 0 aliphatic carbocycles. The van der Waals surface area contributed by atoms with Crippen molar-refractivity contribution < 1.29 is 14.4 Å². The topological polar surface area (TPSA) is 92.3 Å². The third-order valence-electron chi connectivity index (χ3n) is 5.50. The Morgan fingerprint density at radius 2 is 1.81 bits per heavy atom. The summed E-state index contributed by atoms with van der Waals surface area (Å²) in [5.41, 5.74) is 3.80. The first-order chi connectivity index (χ1) is 17.4. The molecule has 0 saturated heterocycles. The zero-order valence-corrected chi connectivity index (χ0v) is 22.5. The van der Waals surface area contributed by atoms with E-state index in [1.54, 1.807) is 13.2 Å². The van der Waals surface area contributed by atoms with Gasteiger partial charge in [0.2, 0.25) is 6.54 Å². The van der Waals surface area contributed by atoms with Gasteiger partial charge in [-0.05, 0) is 65.2 Å². The van der Waals surface area contributed by atoms with Gasteiger partial charge in [0.1, 0.15) is 17.7 Å². The van der Waals surface area contributed by atoms with Crippen molar-refractivity contribution in [2.45, 2.75) is 30.9 Å². The quantitative estimate of drug-likeness (QED) is 0.125. The lowest BCUT2D eigenvalue weighted by molar-refractivity contribution is -0.479. The van der Waals surface area contributed by atoms with Crippen molar-refractivity contribution in [3.63, 3.8) is 0 Å². The Bertz CT molecular complexity index is 1350. The number of hydrogen-bond acceptors (Lipinski definition) is 7. The average Bonchev–Trinajstić information content (AvgIpc) is 3.23. The molecule has 4 aromatic rings. The number of nitro groups is 1. The number of aromatic nitrogens is 3. The van der Waals surface area contributed by atoms with Crippen molar-refractivity contribution in [2.75, 3.05) is 13.7 Å². The fraction of sp³-hybridized carbons (Fsp3) is 0.231. The Labute approximate surface area is 221 Å². The van der Waals surface area contributed by atoms with E-state index in [2.05, 4.69) is 26.1 Å². The third-order valence-corrected chi connectivity index (χ3v) is 7.27. The molecule has 0 aliphatic rings. The highest BCUT2D eigenvalue weighted by Gasteiger charge is 2.26. The summed E-state index contributed by atoms with van der Waals surface area (Å²) in [7, 11) is 1.55. The highest BCUT2D eigenvalue weighted by Crippen LogP contribution is 2.43. The summed E-state index contributed by atoms with van der Waals surface area (Å²) in [5, 5.41) is 20.1. The maximum atomic E-state index is 11.6. The van der Waals surface area contributed by atoms with Crippen LogP contribution in [-0.4, -0.2) is 33.3 Å². The van der Waals surface area contributed by atoms with Gasteiger partial charge in [-0.3, -0.25) is 14.7 Å². The van der Waals surface area contributed by atoms with Gasteiger partial charge in [-0.25, -0.2) is 0 Å². The summed E-state index contributed by atoms with van der Waals surface area (Å²) in [5.74, 6) is 1.72. The van der Waals surface area contributed by atoms with E-state index in [1.807, 2.05) is 79.1 Å². The molecular formula is C26H25BrN4O4S. The first-order valence-corrected chi connectivity index (χ1v) is 12.8. The number of nitrogens with zero attached hydrogens (tertiary/aromatic N) is 4. The summed E-state index contributed by atoms with van der Waals surface area (Å²) in [6.07, 6.45) is 0. The normalized spacial score (nSPS) is 11.8. The minimum atomic E-state index is -0.539. The van der Waals surface area contributed by atoms with Crippen LogP contribution >= 0.6 is 27.7 Å².